The zero-order valence-corrected chi connectivity index (χ0v) is 19.7. The van der Waals surface area contributed by atoms with Crippen molar-refractivity contribution in [3.05, 3.63) is 77.9 Å². The van der Waals surface area contributed by atoms with Crippen LogP contribution in [0.4, 0.5) is 0 Å². The smallest absolute Gasteiger partial charge is 0.222 e. The molecule has 1 atom stereocenters. The Bertz CT molecular complexity index is 1510. The Balaban J connectivity index is 1.41. The number of rotatable bonds is 7. The predicted octanol–water partition coefficient (Wildman–Crippen LogP) is 5.71. The van der Waals surface area contributed by atoms with Crippen molar-refractivity contribution in [3.63, 3.8) is 0 Å². The molecule has 0 spiro atoms. The molecule has 0 aliphatic heterocycles. The zero-order valence-electron chi connectivity index (χ0n) is 19.7. The highest BCUT2D eigenvalue weighted by molar-refractivity contribution is 6.06. The van der Waals surface area contributed by atoms with E-state index in [1.807, 2.05) is 69.3 Å². The summed E-state index contributed by atoms with van der Waals surface area (Å²) in [5.41, 5.74) is 6.54. The SMILES string of the molecule is CCOc1ccc(C)cc1C(C)NC(=O)CCn1c2ccccc2c2nc3ccccc3nc21. The molecule has 3 aromatic carbocycles. The third-order valence-electron chi connectivity index (χ3n) is 6.13. The minimum atomic E-state index is -0.157. The second kappa shape index (κ2) is 9.14. The maximum atomic E-state index is 13.0. The normalized spacial score (nSPS) is 12.3. The van der Waals surface area contributed by atoms with Gasteiger partial charge in [-0.25, -0.2) is 9.97 Å². The summed E-state index contributed by atoms with van der Waals surface area (Å²) in [6, 6.07) is 21.9. The van der Waals surface area contributed by atoms with Gasteiger partial charge in [-0.05, 0) is 45.0 Å². The van der Waals surface area contributed by atoms with Crippen LogP contribution >= 0.6 is 0 Å². The Morgan fingerprint density at radius 2 is 1.76 bits per heavy atom. The summed E-state index contributed by atoms with van der Waals surface area (Å²) in [5, 5.41) is 4.19. The standard InChI is InChI=1S/C28H28N4O2/c1-4-34-25-14-13-18(2)17-21(25)19(3)29-26(33)15-16-32-24-12-8-5-9-20(24)27-28(32)31-23-11-7-6-10-22(23)30-27/h5-14,17,19H,4,15-16H2,1-3H3,(H,29,33). The molecule has 172 valence electrons. The number of hydrogen-bond donors (Lipinski definition) is 1. The maximum Gasteiger partial charge on any atom is 0.222 e. The van der Waals surface area contributed by atoms with Gasteiger partial charge in [0.05, 0.1) is 29.2 Å². The summed E-state index contributed by atoms with van der Waals surface area (Å²) >= 11 is 0. The maximum absolute atomic E-state index is 13.0. The molecule has 0 fully saturated rings. The Labute approximate surface area is 198 Å². The Kier molecular flexibility index (Phi) is 5.88. The number of amides is 1. The van der Waals surface area contributed by atoms with E-state index in [2.05, 4.69) is 28.1 Å². The molecule has 5 aromatic rings. The largest absolute Gasteiger partial charge is 0.494 e. The number of aromatic nitrogens is 3. The van der Waals surface area contributed by atoms with Gasteiger partial charge >= 0.3 is 0 Å². The number of carbonyl (C=O) groups is 1. The van der Waals surface area contributed by atoms with Crippen molar-refractivity contribution in [1.82, 2.24) is 19.9 Å². The molecule has 0 bridgehead atoms. The van der Waals surface area contributed by atoms with Gasteiger partial charge in [0, 0.05) is 23.9 Å². The summed E-state index contributed by atoms with van der Waals surface area (Å²) in [6.45, 7) is 7.10. The van der Waals surface area contributed by atoms with Gasteiger partial charge in [0.1, 0.15) is 11.3 Å². The molecule has 0 aliphatic carbocycles. The minimum absolute atomic E-state index is 0.0175. The van der Waals surface area contributed by atoms with Gasteiger partial charge in [0.25, 0.3) is 0 Å². The van der Waals surface area contributed by atoms with Crippen molar-refractivity contribution in [3.8, 4) is 5.75 Å². The number of nitrogens with one attached hydrogen (secondary N) is 1. The van der Waals surface area contributed by atoms with Crippen molar-refractivity contribution in [2.45, 2.75) is 39.8 Å². The van der Waals surface area contributed by atoms with Crippen LogP contribution in [-0.2, 0) is 11.3 Å². The van der Waals surface area contributed by atoms with Gasteiger partial charge in [-0.2, -0.15) is 0 Å². The topological polar surface area (TPSA) is 69.0 Å². The van der Waals surface area contributed by atoms with Crippen molar-refractivity contribution < 1.29 is 9.53 Å². The molecule has 5 rings (SSSR count). The Hall–Kier alpha value is -3.93. The number of aryl methyl sites for hydroxylation is 2. The van der Waals surface area contributed by atoms with E-state index in [1.165, 1.54) is 0 Å². The number of fused-ring (bicyclic) bond motifs is 4. The van der Waals surface area contributed by atoms with Gasteiger partial charge in [0.2, 0.25) is 5.91 Å². The lowest BCUT2D eigenvalue weighted by Crippen LogP contribution is -2.28. The van der Waals surface area contributed by atoms with Gasteiger partial charge < -0.3 is 14.6 Å². The van der Waals surface area contributed by atoms with E-state index in [4.69, 9.17) is 14.7 Å². The van der Waals surface area contributed by atoms with E-state index >= 15 is 0 Å². The molecule has 1 unspecified atom stereocenters. The summed E-state index contributed by atoms with van der Waals surface area (Å²) < 4.78 is 7.88. The summed E-state index contributed by atoms with van der Waals surface area (Å²) in [4.78, 5) is 22.7. The van der Waals surface area contributed by atoms with Crippen LogP contribution in [0.5, 0.6) is 5.75 Å². The summed E-state index contributed by atoms with van der Waals surface area (Å²) in [5.74, 6) is 0.793. The van der Waals surface area contributed by atoms with Crippen LogP contribution in [-0.4, -0.2) is 27.0 Å². The number of ether oxygens (including phenoxy) is 1. The predicted molar refractivity (Wildman–Crippen MR) is 136 cm³/mol. The van der Waals surface area contributed by atoms with Gasteiger partial charge in [-0.1, -0.05) is 48.0 Å². The van der Waals surface area contributed by atoms with Crippen LogP contribution in [0.2, 0.25) is 0 Å². The number of para-hydroxylation sites is 3. The minimum Gasteiger partial charge on any atom is -0.494 e. The fraction of sp³-hybridized carbons (Fsp3) is 0.250. The second-order valence-corrected chi connectivity index (χ2v) is 8.57. The highest BCUT2D eigenvalue weighted by Gasteiger charge is 2.17. The molecule has 0 aliphatic rings. The van der Waals surface area contributed by atoms with Crippen LogP contribution in [0.15, 0.2) is 66.7 Å². The molecular weight excluding hydrogens is 424 g/mol. The van der Waals surface area contributed by atoms with Crippen LogP contribution in [0, 0.1) is 6.92 Å². The van der Waals surface area contributed by atoms with E-state index < -0.39 is 0 Å². The second-order valence-electron chi connectivity index (χ2n) is 8.57. The molecule has 34 heavy (non-hydrogen) atoms. The first-order valence-electron chi connectivity index (χ1n) is 11.7. The van der Waals surface area contributed by atoms with Crippen molar-refractivity contribution in [2.24, 2.45) is 0 Å². The highest BCUT2D eigenvalue weighted by atomic mass is 16.5. The number of carbonyl (C=O) groups excluding carboxylic acids is 1. The lowest BCUT2D eigenvalue weighted by molar-refractivity contribution is -0.121. The van der Waals surface area contributed by atoms with E-state index in [9.17, 15) is 4.79 Å². The van der Waals surface area contributed by atoms with Crippen molar-refractivity contribution in [1.29, 1.82) is 0 Å². The average Bonchev–Trinajstić information content (AvgIpc) is 3.15. The number of nitrogens with zero attached hydrogens (tertiary/aromatic N) is 3. The fourth-order valence-corrected chi connectivity index (χ4v) is 4.51. The van der Waals surface area contributed by atoms with Crippen LogP contribution < -0.4 is 10.1 Å². The van der Waals surface area contributed by atoms with E-state index in [0.29, 0.717) is 19.6 Å². The summed E-state index contributed by atoms with van der Waals surface area (Å²) in [7, 11) is 0. The highest BCUT2D eigenvalue weighted by Crippen LogP contribution is 2.29. The average molecular weight is 453 g/mol. The first kappa shape index (κ1) is 21.9. The molecule has 0 radical (unpaired) electrons. The van der Waals surface area contributed by atoms with Gasteiger partial charge in [-0.15, -0.1) is 0 Å². The van der Waals surface area contributed by atoms with Crippen LogP contribution in [0.1, 0.15) is 37.4 Å². The van der Waals surface area contributed by atoms with Crippen LogP contribution in [0.3, 0.4) is 0 Å². The molecule has 6 heteroatoms. The third-order valence-corrected chi connectivity index (χ3v) is 6.13. The first-order chi connectivity index (χ1) is 16.5. The molecular formula is C28H28N4O2. The van der Waals surface area contributed by atoms with Gasteiger partial charge in [0.15, 0.2) is 5.65 Å². The molecule has 0 saturated carbocycles. The molecule has 1 amide bonds. The quantitative estimate of drug-likeness (QED) is 0.343. The van der Waals surface area contributed by atoms with E-state index in [-0.39, 0.29) is 11.9 Å². The fourth-order valence-electron chi connectivity index (χ4n) is 4.51. The van der Waals surface area contributed by atoms with Crippen molar-refractivity contribution in [2.75, 3.05) is 6.61 Å². The molecule has 1 N–H and O–H groups in total. The lowest BCUT2D eigenvalue weighted by atomic mass is 10.0. The van der Waals surface area contributed by atoms with E-state index in [1.54, 1.807) is 0 Å². The Morgan fingerprint density at radius 3 is 2.56 bits per heavy atom. The summed E-state index contributed by atoms with van der Waals surface area (Å²) in [6.07, 6.45) is 0.336. The number of benzene rings is 3. The number of hydrogen-bond acceptors (Lipinski definition) is 4. The zero-order chi connectivity index (χ0) is 23.7. The van der Waals surface area contributed by atoms with Gasteiger partial charge in [-0.3, -0.25) is 4.79 Å². The van der Waals surface area contributed by atoms with Crippen LogP contribution in [0.25, 0.3) is 33.1 Å². The van der Waals surface area contributed by atoms with E-state index in [0.717, 1.165) is 50.0 Å². The third kappa shape index (κ3) is 4.07. The molecule has 2 heterocycles. The monoisotopic (exact) mass is 452 g/mol. The van der Waals surface area contributed by atoms with Crippen molar-refractivity contribution >= 4 is 39.0 Å². The molecule has 6 nitrogen and oxygen atoms in total. The molecule has 0 saturated heterocycles. The molecule has 2 aromatic heterocycles. The Morgan fingerprint density at radius 1 is 1.03 bits per heavy atom. The lowest BCUT2D eigenvalue weighted by Gasteiger charge is -2.19. The first-order valence-corrected chi connectivity index (χ1v) is 11.7.